The Morgan fingerprint density at radius 1 is 0.568 bits per heavy atom. The van der Waals surface area contributed by atoms with Gasteiger partial charge in [-0.15, -0.1) is 0 Å². The van der Waals surface area contributed by atoms with Crippen molar-refractivity contribution in [3.63, 3.8) is 0 Å². The van der Waals surface area contributed by atoms with E-state index in [4.69, 9.17) is 9.47 Å². The van der Waals surface area contributed by atoms with Crippen molar-refractivity contribution >= 4 is 33.5 Å². The van der Waals surface area contributed by atoms with Crippen LogP contribution < -0.4 is 9.47 Å². The average molecular weight is 575 g/mol. The van der Waals surface area contributed by atoms with Crippen LogP contribution in [-0.4, -0.2) is 11.9 Å². The maximum Gasteiger partial charge on any atom is 0.335 e. The van der Waals surface area contributed by atoms with E-state index >= 15 is 0 Å². The molecule has 6 aromatic rings. The van der Waals surface area contributed by atoms with Crippen LogP contribution >= 0.6 is 0 Å². The van der Waals surface area contributed by atoms with Gasteiger partial charge in [0.2, 0.25) is 0 Å². The molecule has 0 saturated carbocycles. The molecular formula is C40H30O4. The number of benzene rings is 6. The van der Waals surface area contributed by atoms with Crippen molar-refractivity contribution in [3.8, 4) is 22.6 Å². The molecule has 0 bridgehead atoms. The molecule has 214 valence electrons. The minimum atomic E-state index is -0.804. The van der Waals surface area contributed by atoms with E-state index in [2.05, 4.69) is 68.6 Å². The molecule has 0 radical (unpaired) electrons. The topological polar surface area (TPSA) is 52.6 Å². The predicted molar refractivity (Wildman–Crippen MR) is 177 cm³/mol. The highest BCUT2D eigenvalue weighted by molar-refractivity contribution is 5.95. The molecule has 0 aliphatic rings. The van der Waals surface area contributed by atoms with Gasteiger partial charge >= 0.3 is 11.9 Å². The zero-order valence-corrected chi connectivity index (χ0v) is 24.3. The van der Waals surface area contributed by atoms with Gasteiger partial charge in [-0.25, -0.2) is 9.59 Å². The lowest BCUT2D eigenvalue weighted by molar-refractivity contribution is -0.129. The largest absolute Gasteiger partial charge is 0.423 e. The first-order valence-electron chi connectivity index (χ1n) is 14.3. The van der Waals surface area contributed by atoms with Crippen LogP contribution in [0.25, 0.3) is 32.7 Å². The first kappa shape index (κ1) is 28.4. The Morgan fingerprint density at radius 2 is 1.00 bits per heavy atom. The summed E-state index contributed by atoms with van der Waals surface area (Å²) in [5, 5.41) is 3.83. The number of carbonyl (C=O) groups is 2. The van der Waals surface area contributed by atoms with Crippen LogP contribution in [0.15, 0.2) is 153 Å². The Balaban J connectivity index is 1.68. The lowest BCUT2D eigenvalue weighted by atomic mass is 9.68. The molecule has 6 aromatic carbocycles. The smallest absolute Gasteiger partial charge is 0.335 e. The molecule has 0 heterocycles. The minimum absolute atomic E-state index is 0.411. The number of fused-ring (bicyclic) bond motifs is 2. The van der Waals surface area contributed by atoms with Gasteiger partial charge in [0.1, 0.15) is 11.5 Å². The zero-order chi connectivity index (χ0) is 30.7. The van der Waals surface area contributed by atoms with Gasteiger partial charge in [-0.1, -0.05) is 116 Å². The summed E-state index contributed by atoms with van der Waals surface area (Å²) in [5.41, 5.74) is 4.26. The van der Waals surface area contributed by atoms with E-state index in [1.165, 1.54) is 0 Å². The van der Waals surface area contributed by atoms with Crippen molar-refractivity contribution < 1.29 is 19.1 Å². The summed E-state index contributed by atoms with van der Waals surface area (Å²) >= 11 is 0. The van der Waals surface area contributed by atoms with Crippen LogP contribution in [0, 0.1) is 0 Å². The molecule has 0 aliphatic heterocycles. The van der Waals surface area contributed by atoms with E-state index in [0.29, 0.717) is 11.5 Å². The monoisotopic (exact) mass is 574 g/mol. The first-order chi connectivity index (χ1) is 21.4. The highest BCUT2D eigenvalue weighted by Gasteiger charge is 2.35. The molecule has 0 aromatic heterocycles. The summed E-state index contributed by atoms with van der Waals surface area (Å²) in [6.45, 7) is 9.30. The summed E-state index contributed by atoms with van der Waals surface area (Å²) in [7, 11) is 0. The maximum atomic E-state index is 12.3. The molecule has 0 atom stereocenters. The van der Waals surface area contributed by atoms with Gasteiger partial charge in [-0.2, -0.15) is 0 Å². The number of esters is 2. The molecule has 0 N–H and O–H groups in total. The summed E-state index contributed by atoms with van der Waals surface area (Å²) in [6.07, 6.45) is 2.31. The molecule has 0 saturated heterocycles. The van der Waals surface area contributed by atoms with Crippen LogP contribution in [0.3, 0.4) is 0 Å². The molecule has 0 amide bonds. The third kappa shape index (κ3) is 5.30. The number of hydrogen-bond acceptors (Lipinski definition) is 4. The van der Waals surface area contributed by atoms with E-state index in [0.717, 1.165) is 61.5 Å². The Labute approximate surface area is 256 Å². The molecule has 0 aliphatic carbocycles. The van der Waals surface area contributed by atoms with E-state index in [1.807, 2.05) is 78.9 Å². The minimum Gasteiger partial charge on any atom is -0.423 e. The Morgan fingerprint density at radius 3 is 1.48 bits per heavy atom. The van der Waals surface area contributed by atoms with Gasteiger partial charge in [-0.05, 0) is 80.6 Å². The third-order valence-corrected chi connectivity index (χ3v) is 8.09. The molecular weight excluding hydrogens is 544 g/mol. The predicted octanol–water partition coefficient (Wildman–Crippen LogP) is 9.20. The molecule has 0 fully saturated rings. The molecule has 44 heavy (non-hydrogen) atoms. The van der Waals surface area contributed by atoms with E-state index < -0.39 is 17.4 Å². The van der Waals surface area contributed by atoms with Crippen LogP contribution in [0.1, 0.15) is 23.6 Å². The molecule has 0 unspecified atom stereocenters. The summed E-state index contributed by atoms with van der Waals surface area (Å²) in [4.78, 5) is 24.7. The summed E-state index contributed by atoms with van der Waals surface area (Å²) < 4.78 is 11.4. The molecule has 6 rings (SSSR count). The second-order valence-corrected chi connectivity index (χ2v) is 10.7. The normalized spacial score (nSPS) is 11.2. The fourth-order valence-electron chi connectivity index (χ4n) is 5.91. The Hall–Kier alpha value is -5.74. The second kappa shape index (κ2) is 11.9. The van der Waals surface area contributed by atoms with Crippen LogP contribution in [0.5, 0.6) is 11.5 Å². The summed E-state index contributed by atoms with van der Waals surface area (Å²) in [6, 6.07) is 42.4. The van der Waals surface area contributed by atoms with Crippen molar-refractivity contribution in [1.82, 2.24) is 0 Å². The number of hydrogen-bond donors (Lipinski definition) is 0. The van der Waals surface area contributed by atoms with Gasteiger partial charge in [-0.3, -0.25) is 0 Å². The fraction of sp³-hybridized carbons (Fsp3) is 0.0500. The van der Waals surface area contributed by atoms with Crippen molar-refractivity contribution in [2.75, 3.05) is 0 Å². The van der Waals surface area contributed by atoms with E-state index in [-0.39, 0.29) is 0 Å². The molecule has 0 spiro atoms. The Bertz CT molecular complexity index is 1930. The maximum absolute atomic E-state index is 12.3. The van der Waals surface area contributed by atoms with Crippen LogP contribution in [0.2, 0.25) is 0 Å². The zero-order valence-electron chi connectivity index (χ0n) is 24.3. The van der Waals surface area contributed by atoms with Gasteiger partial charge in [0.15, 0.2) is 0 Å². The number of carbonyl (C=O) groups excluding carboxylic acids is 2. The second-order valence-electron chi connectivity index (χ2n) is 10.7. The summed E-state index contributed by atoms with van der Waals surface area (Å²) in [5.74, 6) is -0.253. The van der Waals surface area contributed by atoms with Crippen molar-refractivity contribution in [1.29, 1.82) is 0 Å². The third-order valence-electron chi connectivity index (χ3n) is 8.09. The SMILES string of the molecule is C=CC(=O)Oc1cc(C(C)(c2ccc(-c3ccccc3)cc2)c2cc(OC(=O)C=C)cc3ccccc23)c2ccccc2c1. The van der Waals surface area contributed by atoms with E-state index in [9.17, 15) is 9.59 Å². The number of ether oxygens (including phenoxy) is 2. The van der Waals surface area contributed by atoms with E-state index in [1.54, 1.807) is 0 Å². The van der Waals surface area contributed by atoms with Crippen molar-refractivity contribution in [2.24, 2.45) is 0 Å². The van der Waals surface area contributed by atoms with Crippen LogP contribution in [-0.2, 0) is 15.0 Å². The van der Waals surface area contributed by atoms with Gasteiger partial charge in [0.25, 0.3) is 0 Å². The lowest BCUT2D eigenvalue weighted by Gasteiger charge is -2.35. The lowest BCUT2D eigenvalue weighted by Crippen LogP contribution is -2.26. The average Bonchev–Trinajstić information content (AvgIpc) is 3.07. The molecule has 4 nitrogen and oxygen atoms in total. The fourth-order valence-corrected chi connectivity index (χ4v) is 5.91. The first-order valence-corrected chi connectivity index (χ1v) is 14.3. The van der Waals surface area contributed by atoms with Gasteiger partial charge in [0.05, 0.1) is 0 Å². The van der Waals surface area contributed by atoms with Crippen molar-refractivity contribution in [2.45, 2.75) is 12.3 Å². The quantitative estimate of drug-likeness (QED) is 0.0787. The number of rotatable bonds is 8. The standard InChI is InChI=1S/C40H30O4/c1-4-38(41)43-32-23-29-15-9-11-17-34(29)36(25-32)40(3,31-21-19-28(20-22-31)27-13-7-6-8-14-27)37-26-33(44-39(42)5-2)24-30-16-10-12-18-35(30)37/h4-26H,1-2H2,3H3. The van der Waals surface area contributed by atoms with Crippen LogP contribution in [0.4, 0.5) is 0 Å². The Kier molecular flexibility index (Phi) is 7.65. The van der Waals surface area contributed by atoms with Crippen molar-refractivity contribution in [3.05, 3.63) is 169 Å². The van der Waals surface area contributed by atoms with Gasteiger partial charge in [0, 0.05) is 17.6 Å². The molecule has 4 heteroatoms. The highest BCUT2D eigenvalue weighted by atomic mass is 16.5. The highest BCUT2D eigenvalue weighted by Crippen LogP contribution is 2.47. The van der Waals surface area contributed by atoms with Gasteiger partial charge < -0.3 is 9.47 Å².